The fourth-order valence-electron chi connectivity index (χ4n) is 2.66. The first-order valence-electron chi connectivity index (χ1n) is 7.08. The lowest BCUT2D eigenvalue weighted by Crippen LogP contribution is -2.63. The van der Waals surface area contributed by atoms with Crippen molar-refractivity contribution in [2.24, 2.45) is 0 Å². The molecule has 1 aromatic rings. The first kappa shape index (κ1) is 15.4. The Morgan fingerprint density at radius 1 is 1.43 bits per heavy atom. The molecule has 0 radical (unpaired) electrons. The molecular weight excluding hydrogens is 268 g/mol. The Hall–Kier alpha value is -2.04. The van der Waals surface area contributed by atoms with Gasteiger partial charge < -0.3 is 15.0 Å². The van der Waals surface area contributed by atoms with Gasteiger partial charge in [0.25, 0.3) is 0 Å². The maximum atomic E-state index is 12.5. The van der Waals surface area contributed by atoms with Crippen molar-refractivity contribution in [3.63, 3.8) is 0 Å². The number of ether oxygens (including phenoxy) is 1. The van der Waals surface area contributed by atoms with Crippen LogP contribution in [0.3, 0.4) is 0 Å². The molecule has 1 heterocycles. The molecular formula is C16H22N2O3. The molecule has 5 nitrogen and oxygen atoms in total. The van der Waals surface area contributed by atoms with E-state index in [-0.39, 0.29) is 11.8 Å². The van der Waals surface area contributed by atoms with E-state index in [0.29, 0.717) is 19.5 Å². The van der Waals surface area contributed by atoms with Crippen molar-refractivity contribution in [1.82, 2.24) is 10.2 Å². The minimum atomic E-state index is -0.795. The Morgan fingerprint density at radius 2 is 2.14 bits per heavy atom. The Kier molecular flexibility index (Phi) is 4.21. The Balaban J connectivity index is 2.14. The predicted molar refractivity (Wildman–Crippen MR) is 80.2 cm³/mol. The molecule has 1 aromatic carbocycles. The summed E-state index contributed by atoms with van der Waals surface area (Å²) in [5, 5.41) is 2.80. The highest BCUT2D eigenvalue weighted by Crippen LogP contribution is 2.22. The second kappa shape index (κ2) is 5.76. The van der Waals surface area contributed by atoms with Crippen molar-refractivity contribution in [3.05, 3.63) is 29.3 Å². The molecule has 1 aliphatic heterocycles. The summed E-state index contributed by atoms with van der Waals surface area (Å²) in [6.45, 7) is 6.56. The third-order valence-electron chi connectivity index (χ3n) is 3.97. The van der Waals surface area contributed by atoms with Crippen molar-refractivity contribution < 1.29 is 14.3 Å². The van der Waals surface area contributed by atoms with Crippen LogP contribution in [-0.4, -0.2) is 42.5 Å². The van der Waals surface area contributed by atoms with E-state index < -0.39 is 5.54 Å². The Labute approximate surface area is 125 Å². The number of aryl methyl sites for hydroxylation is 1. The quantitative estimate of drug-likeness (QED) is 0.912. The lowest BCUT2D eigenvalue weighted by atomic mass is 9.97. The van der Waals surface area contributed by atoms with Crippen LogP contribution in [0.5, 0.6) is 5.75 Å². The van der Waals surface area contributed by atoms with Gasteiger partial charge >= 0.3 is 0 Å². The number of rotatable bonds is 3. The number of amides is 2. The van der Waals surface area contributed by atoms with E-state index >= 15 is 0 Å². The number of piperazine rings is 1. The second-order valence-corrected chi connectivity index (χ2v) is 5.84. The average Bonchev–Trinajstić information content (AvgIpc) is 2.42. The van der Waals surface area contributed by atoms with Crippen LogP contribution in [-0.2, 0) is 16.0 Å². The average molecular weight is 290 g/mol. The van der Waals surface area contributed by atoms with E-state index in [0.717, 1.165) is 16.9 Å². The van der Waals surface area contributed by atoms with Crippen LogP contribution in [0.4, 0.5) is 0 Å². The zero-order valence-electron chi connectivity index (χ0n) is 13.0. The van der Waals surface area contributed by atoms with E-state index in [4.69, 9.17) is 4.74 Å². The molecule has 0 unspecified atom stereocenters. The van der Waals surface area contributed by atoms with E-state index in [1.54, 1.807) is 25.9 Å². The number of carbonyl (C=O) groups is 2. The normalized spacial score (nSPS) is 17.3. The number of hydrogen-bond donors (Lipinski definition) is 1. The summed E-state index contributed by atoms with van der Waals surface area (Å²) in [5.74, 6) is 0.677. The molecule has 2 rings (SSSR count). The number of carbonyl (C=O) groups excluding carboxylic acids is 2. The van der Waals surface area contributed by atoms with Gasteiger partial charge in [-0.05, 0) is 38.0 Å². The van der Waals surface area contributed by atoms with Gasteiger partial charge in [0.05, 0.1) is 13.5 Å². The lowest BCUT2D eigenvalue weighted by Gasteiger charge is -2.41. The molecule has 114 valence electrons. The van der Waals surface area contributed by atoms with Crippen molar-refractivity contribution >= 4 is 11.8 Å². The molecule has 1 saturated heterocycles. The Morgan fingerprint density at radius 3 is 2.76 bits per heavy atom. The van der Waals surface area contributed by atoms with Gasteiger partial charge in [-0.2, -0.15) is 0 Å². The predicted octanol–water partition coefficient (Wildman–Crippen LogP) is 1.28. The number of benzene rings is 1. The molecule has 1 fully saturated rings. The van der Waals surface area contributed by atoms with Crippen molar-refractivity contribution in [3.8, 4) is 5.75 Å². The molecule has 2 amide bonds. The summed E-state index contributed by atoms with van der Waals surface area (Å²) >= 11 is 0. The van der Waals surface area contributed by atoms with Gasteiger partial charge in [0, 0.05) is 13.1 Å². The molecule has 21 heavy (non-hydrogen) atoms. The van der Waals surface area contributed by atoms with Crippen molar-refractivity contribution in [2.45, 2.75) is 32.7 Å². The highest BCUT2D eigenvalue weighted by atomic mass is 16.5. The summed E-state index contributed by atoms with van der Waals surface area (Å²) < 4.78 is 5.22. The molecule has 0 spiro atoms. The van der Waals surface area contributed by atoms with Crippen molar-refractivity contribution in [2.75, 3.05) is 20.2 Å². The van der Waals surface area contributed by atoms with Crippen LogP contribution in [0.1, 0.15) is 25.0 Å². The topological polar surface area (TPSA) is 58.6 Å². The molecule has 1 N–H and O–H groups in total. The smallest absolute Gasteiger partial charge is 0.245 e. The van der Waals surface area contributed by atoms with E-state index in [1.807, 2.05) is 25.1 Å². The minimum Gasteiger partial charge on any atom is -0.496 e. The summed E-state index contributed by atoms with van der Waals surface area (Å²) in [5.41, 5.74) is 1.13. The van der Waals surface area contributed by atoms with Crippen LogP contribution in [0.2, 0.25) is 0 Å². The zero-order valence-corrected chi connectivity index (χ0v) is 13.0. The molecule has 0 aliphatic carbocycles. The zero-order chi connectivity index (χ0) is 15.6. The van der Waals surface area contributed by atoms with Crippen LogP contribution in [0.15, 0.2) is 18.2 Å². The molecule has 0 aromatic heterocycles. The summed E-state index contributed by atoms with van der Waals surface area (Å²) in [4.78, 5) is 26.1. The number of methoxy groups -OCH3 is 1. The molecule has 1 aliphatic rings. The van der Waals surface area contributed by atoms with Crippen LogP contribution in [0.25, 0.3) is 0 Å². The summed E-state index contributed by atoms with van der Waals surface area (Å²) in [6, 6.07) is 5.71. The van der Waals surface area contributed by atoms with Gasteiger partial charge in [-0.1, -0.05) is 12.1 Å². The van der Waals surface area contributed by atoms with Crippen LogP contribution in [0, 0.1) is 6.92 Å². The maximum Gasteiger partial charge on any atom is 0.245 e. The second-order valence-electron chi connectivity index (χ2n) is 5.84. The lowest BCUT2D eigenvalue weighted by molar-refractivity contribution is -0.148. The number of hydrogen-bond acceptors (Lipinski definition) is 3. The first-order chi connectivity index (χ1) is 9.86. The molecule has 0 atom stereocenters. The summed E-state index contributed by atoms with van der Waals surface area (Å²) in [7, 11) is 1.63. The highest BCUT2D eigenvalue weighted by molar-refractivity contribution is 5.92. The van der Waals surface area contributed by atoms with E-state index in [9.17, 15) is 9.59 Å². The van der Waals surface area contributed by atoms with E-state index in [2.05, 4.69) is 5.32 Å². The van der Waals surface area contributed by atoms with Crippen molar-refractivity contribution in [1.29, 1.82) is 0 Å². The minimum absolute atomic E-state index is 0.0283. The standard InChI is InChI=1S/C16H22N2O3/c1-11-9-12(5-6-13(11)21-4)10-14(19)18-8-7-17-15(20)16(18,2)3/h5-6,9H,7-8,10H2,1-4H3,(H,17,20). The summed E-state index contributed by atoms with van der Waals surface area (Å²) in [6.07, 6.45) is 0.293. The van der Waals surface area contributed by atoms with Crippen LogP contribution >= 0.6 is 0 Å². The van der Waals surface area contributed by atoms with Gasteiger partial charge in [-0.25, -0.2) is 0 Å². The molecule has 0 bridgehead atoms. The Bertz CT molecular complexity index is 567. The van der Waals surface area contributed by atoms with Gasteiger partial charge in [0.2, 0.25) is 11.8 Å². The van der Waals surface area contributed by atoms with Crippen LogP contribution < -0.4 is 10.1 Å². The highest BCUT2D eigenvalue weighted by Gasteiger charge is 2.40. The third kappa shape index (κ3) is 3.01. The number of nitrogens with one attached hydrogen (secondary N) is 1. The molecule has 0 saturated carbocycles. The SMILES string of the molecule is COc1ccc(CC(=O)N2CCNC(=O)C2(C)C)cc1C. The fraction of sp³-hybridized carbons (Fsp3) is 0.500. The van der Waals surface area contributed by atoms with Gasteiger partial charge in [-0.15, -0.1) is 0 Å². The van der Waals surface area contributed by atoms with Gasteiger partial charge in [0.15, 0.2) is 0 Å². The van der Waals surface area contributed by atoms with Gasteiger partial charge in [-0.3, -0.25) is 9.59 Å². The third-order valence-corrected chi connectivity index (χ3v) is 3.97. The van der Waals surface area contributed by atoms with Gasteiger partial charge in [0.1, 0.15) is 11.3 Å². The number of nitrogens with zero attached hydrogens (tertiary/aromatic N) is 1. The maximum absolute atomic E-state index is 12.5. The molecule has 5 heteroatoms. The fourth-order valence-corrected chi connectivity index (χ4v) is 2.66. The first-order valence-corrected chi connectivity index (χ1v) is 7.08. The monoisotopic (exact) mass is 290 g/mol. The van der Waals surface area contributed by atoms with E-state index in [1.165, 1.54) is 0 Å². The largest absolute Gasteiger partial charge is 0.496 e.